The molecule has 0 spiro atoms. The second-order valence-electron chi connectivity index (χ2n) is 5.95. The maximum Gasteiger partial charge on any atom is 0.0107 e. The summed E-state index contributed by atoms with van der Waals surface area (Å²) in [6.07, 6.45) is 5.67. The maximum absolute atomic E-state index is 3.69. The summed E-state index contributed by atoms with van der Waals surface area (Å²) in [7, 11) is 0. The molecule has 1 rings (SSSR count). The van der Waals surface area contributed by atoms with Crippen LogP contribution in [0.3, 0.4) is 0 Å². The first-order valence-corrected chi connectivity index (χ1v) is 7.63. The van der Waals surface area contributed by atoms with E-state index in [1.807, 2.05) is 0 Å². The summed E-state index contributed by atoms with van der Waals surface area (Å²) in [6, 6.07) is 0.773. The Labute approximate surface area is 108 Å². The van der Waals surface area contributed by atoms with Gasteiger partial charge in [0.15, 0.2) is 0 Å². The molecule has 1 fully saturated rings. The van der Waals surface area contributed by atoms with Crippen LogP contribution < -0.4 is 5.32 Å². The Hall–Kier alpha value is -0.0800. The number of hydrogen-bond donors (Lipinski definition) is 1. The van der Waals surface area contributed by atoms with Crippen LogP contribution in [0.1, 0.15) is 53.4 Å². The van der Waals surface area contributed by atoms with Crippen LogP contribution in [0, 0.1) is 11.8 Å². The van der Waals surface area contributed by atoms with E-state index in [0.717, 1.165) is 24.4 Å². The van der Waals surface area contributed by atoms with Gasteiger partial charge in [-0.3, -0.25) is 0 Å². The molecule has 2 heteroatoms. The van der Waals surface area contributed by atoms with Crippen LogP contribution in [0.5, 0.6) is 0 Å². The molecule has 0 aromatic rings. The lowest BCUT2D eigenvalue weighted by Gasteiger charge is -2.36. The molecule has 0 aromatic carbocycles. The molecular weight excluding hydrogens is 208 g/mol. The summed E-state index contributed by atoms with van der Waals surface area (Å²) in [5.41, 5.74) is 0. The minimum Gasteiger partial charge on any atom is -0.314 e. The third-order valence-electron chi connectivity index (χ3n) is 3.94. The van der Waals surface area contributed by atoms with E-state index < -0.39 is 0 Å². The Balaban J connectivity index is 2.44. The molecule has 2 atom stereocenters. The van der Waals surface area contributed by atoms with Crippen LogP contribution in [-0.4, -0.2) is 37.1 Å². The summed E-state index contributed by atoms with van der Waals surface area (Å²) in [5, 5.41) is 3.69. The van der Waals surface area contributed by atoms with E-state index in [2.05, 4.69) is 37.9 Å². The minimum absolute atomic E-state index is 0.773. The van der Waals surface area contributed by atoms with Gasteiger partial charge in [0.05, 0.1) is 0 Å². The molecule has 102 valence electrons. The van der Waals surface area contributed by atoms with Crippen molar-refractivity contribution in [3.8, 4) is 0 Å². The quantitative estimate of drug-likeness (QED) is 0.735. The van der Waals surface area contributed by atoms with Crippen LogP contribution >= 0.6 is 0 Å². The average molecular weight is 240 g/mol. The van der Waals surface area contributed by atoms with E-state index in [0.29, 0.717) is 0 Å². The van der Waals surface area contributed by atoms with Crippen LogP contribution in [0.2, 0.25) is 0 Å². The first-order chi connectivity index (χ1) is 8.17. The van der Waals surface area contributed by atoms with Crippen LogP contribution in [0.4, 0.5) is 0 Å². The van der Waals surface area contributed by atoms with Crippen molar-refractivity contribution in [2.24, 2.45) is 11.8 Å². The summed E-state index contributed by atoms with van der Waals surface area (Å²) in [6.45, 7) is 14.1. The molecule has 0 bridgehead atoms. The maximum atomic E-state index is 3.69. The van der Waals surface area contributed by atoms with Crippen molar-refractivity contribution in [3.63, 3.8) is 0 Å². The lowest BCUT2D eigenvalue weighted by molar-refractivity contribution is 0.162. The van der Waals surface area contributed by atoms with Crippen molar-refractivity contribution in [2.45, 2.75) is 59.4 Å². The van der Waals surface area contributed by atoms with E-state index in [4.69, 9.17) is 0 Å². The van der Waals surface area contributed by atoms with E-state index in [1.165, 1.54) is 45.3 Å². The van der Waals surface area contributed by atoms with Crippen LogP contribution in [0.15, 0.2) is 0 Å². The van der Waals surface area contributed by atoms with Gasteiger partial charge in [-0.1, -0.05) is 40.5 Å². The normalized spacial score (nSPS) is 25.8. The van der Waals surface area contributed by atoms with Gasteiger partial charge in [-0.25, -0.2) is 0 Å². The van der Waals surface area contributed by atoms with Gasteiger partial charge < -0.3 is 10.2 Å². The molecule has 2 nitrogen and oxygen atoms in total. The lowest BCUT2D eigenvalue weighted by atomic mass is 9.84. The minimum atomic E-state index is 0.773. The third kappa shape index (κ3) is 5.39. The Morgan fingerprint density at radius 2 is 1.88 bits per heavy atom. The van der Waals surface area contributed by atoms with Gasteiger partial charge in [0, 0.05) is 19.1 Å². The molecule has 1 aliphatic rings. The molecule has 0 aromatic heterocycles. The first-order valence-electron chi connectivity index (χ1n) is 7.63. The monoisotopic (exact) mass is 240 g/mol. The van der Waals surface area contributed by atoms with Crippen molar-refractivity contribution in [1.82, 2.24) is 10.2 Å². The zero-order valence-corrected chi connectivity index (χ0v) is 12.3. The number of nitrogens with zero attached hydrogens (tertiary/aromatic N) is 1. The molecule has 1 saturated carbocycles. The van der Waals surface area contributed by atoms with Crippen LogP contribution in [-0.2, 0) is 0 Å². The highest BCUT2D eigenvalue weighted by Gasteiger charge is 2.25. The van der Waals surface area contributed by atoms with Gasteiger partial charge >= 0.3 is 0 Å². The zero-order valence-electron chi connectivity index (χ0n) is 12.3. The van der Waals surface area contributed by atoms with Crippen molar-refractivity contribution in [2.75, 3.05) is 26.2 Å². The summed E-state index contributed by atoms with van der Waals surface area (Å²) < 4.78 is 0. The largest absolute Gasteiger partial charge is 0.314 e. The fourth-order valence-electron chi connectivity index (χ4n) is 3.14. The van der Waals surface area contributed by atoms with Crippen LogP contribution in [0.25, 0.3) is 0 Å². The van der Waals surface area contributed by atoms with Gasteiger partial charge in [0.25, 0.3) is 0 Å². The number of rotatable bonds is 7. The molecule has 0 radical (unpaired) electrons. The number of hydrogen-bond acceptors (Lipinski definition) is 2. The highest BCUT2D eigenvalue weighted by molar-refractivity contribution is 4.83. The summed E-state index contributed by atoms with van der Waals surface area (Å²) in [5.74, 6) is 1.67. The van der Waals surface area contributed by atoms with Gasteiger partial charge in [0.1, 0.15) is 0 Å². The zero-order chi connectivity index (χ0) is 12.7. The SMILES string of the molecule is CCNC1CCCCC1CN(CC)CC(C)C. The first kappa shape index (κ1) is 15.0. The Bertz CT molecular complexity index is 189. The van der Waals surface area contributed by atoms with Crippen molar-refractivity contribution in [1.29, 1.82) is 0 Å². The molecule has 17 heavy (non-hydrogen) atoms. The molecular formula is C15H32N2. The molecule has 1 aliphatic carbocycles. The molecule has 2 unspecified atom stereocenters. The Kier molecular flexibility index (Phi) is 7.14. The van der Waals surface area contributed by atoms with Crippen molar-refractivity contribution >= 4 is 0 Å². The van der Waals surface area contributed by atoms with E-state index in [1.54, 1.807) is 0 Å². The molecule has 1 N–H and O–H groups in total. The second-order valence-corrected chi connectivity index (χ2v) is 5.95. The Morgan fingerprint density at radius 1 is 1.18 bits per heavy atom. The highest BCUT2D eigenvalue weighted by Crippen LogP contribution is 2.25. The predicted molar refractivity (Wildman–Crippen MR) is 76.4 cm³/mol. The van der Waals surface area contributed by atoms with Gasteiger partial charge in [0.2, 0.25) is 0 Å². The summed E-state index contributed by atoms with van der Waals surface area (Å²) >= 11 is 0. The van der Waals surface area contributed by atoms with E-state index in [-0.39, 0.29) is 0 Å². The van der Waals surface area contributed by atoms with E-state index in [9.17, 15) is 0 Å². The molecule has 0 saturated heterocycles. The van der Waals surface area contributed by atoms with E-state index >= 15 is 0 Å². The standard InChI is InChI=1S/C15H32N2/c1-5-16-15-10-8-7-9-14(15)12-17(6-2)11-13(3)4/h13-16H,5-12H2,1-4H3. The smallest absolute Gasteiger partial charge is 0.0107 e. The van der Waals surface area contributed by atoms with Gasteiger partial charge in [-0.05, 0) is 37.8 Å². The molecule has 0 amide bonds. The second kappa shape index (κ2) is 8.10. The van der Waals surface area contributed by atoms with Crippen molar-refractivity contribution < 1.29 is 0 Å². The topological polar surface area (TPSA) is 15.3 Å². The predicted octanol–water partition coefficient (Wildman–Crippen LogP) is 3.13. The third-order valence-corrected chi connectivity index (χ3v) is 3.94. The van der Waals surface area contributed by atoms with Crippen molar-refractivity contribution in [3.05, 3.63) is 0 Å². The van der Waals surface area contributed by atoms with Gasteiger partial charge in [-0.15, -0.1) is 0 Å². The summed E-state index contributed by atoms with van der Waals surface area (Å²) in [4.78, 5) is 2.64. The van der Waals surface area contributed by atoms with Gasteiger partial charge in [-0.2, -0.15) is 0 Å². The fourth-order valence-corrected chi connectivity index (χ4v) is 3.14. The Morgan fingerprint density at radius 3 is 2.47 bits per heavy atom. The molecule has 0 heterocycles. The molecule has 0 aliphatic heterocycles. The highest BCUT2D eigenvalue weighted by atomic mass is 15.1. The number of nitrogens with one attached hydrogen (secondary N) is 1. The average Bonchev–Trinajstić information content (AvgIpc) is 2.30. The lowest BCUT2D eigenvalue weighted by Crippen LogP contribution is -2.44. The fraction of sp³-hybridized carbons (Fsp3) is 1.00.